The molecule has 7 nitrogen and oxygen atoms in total. The standard InChI is InChI=1S/C26H25FN4O3S/c1-18(32)28-21-12-14-22(15-13-21)35(33,34)31-16-4-7-25(31)26-29-23-5-2-3-6-24(23)30(26)17-19-8-10-20(27)11-9-19/h2-3,5-6,8-15,25H,4,7,16-17H2,1H3,(H,28,32)/t25-/m0/s1. The van der Waals surface area contributed by atoms with E-state index in [9.17, 15) is 17.6 Å². The molecule has 9 heteroatoms. The smallest absolute Gasteiger partial charge is 0.243 e. The maximum Gasteiger partial charge on any atom is 0.243 e. The number of carbonyl (C=O) groups excluding carboxylic acids is 1. The molecule has 35 heavy (non-hydrogen) atoms. The van der Waals surface area contributed by atoms with Gasteiger partial charge < -0.3 is 9.88 Å². The number of benzene rings is 3. The van der Waals surface area contributed by atoms with Crippen LogP contribution in [0.1, 0.15) is 37.2 Å². The molecule has 4 aromatic rings. The third-order valence-electron chi connectivity index (χ3n) is 6.22. The van der Waals surface area contributed by atoms with Crippen LogP contribution in [-0.2, 0) is 21.4 Å². The summed E-state index contributed by atoms with van der Waals surface area (Å²) in [6.45, 7) is 2.24. The average Bonchev–Trinajstić information content (AvgIpc) is 3.46. The van der Waals surface area contributed by atoms with Crippen molar-refractivity contribution in [3.8, 4) is 0 Å². The van der Waals surface area contributed by atoms with Crippen LogP contribution in [0.25, 0.3) is 11.0 Å². The molecule has 1 saturated heterocycles. The van der Waals surface area contributed by atoms with E-state index in [1.54, 1.807) is 24.3 Å². The lowest BCUT2D eigenvalue weighted by Gasteiger charge is -2.25. The van der Waals surface area contributed by atoms with Crippen LogP contribution in [0.15, 0.2) is 77.7 Å². The summed E-state index contributed by atoms with van der Waals surface area (Å²) < 4.78 is 44.3. The minimum Gasteiger partial charge on any atom is -0.326 e. The minimum atomic E-state index is -3.80. The Bertz CT molecular complexity index is 1480. The molecule has 1 atom stereocenters. The van der Waals surface area contributed by atoms with E-state index in [0.717, 1.165) is 16.6 Å². The van der Waals surface area contributed by atoms with Crippen LogP contribution < -0.4 is 5.32 Å². The molecule has 5 rings (SSSR count). The highest BCUT2D eigenvalue weighted by Gasteiger charge is 2.39. The van der Waals surface area contributed by atoms with Crippen molar-refractivity contribution in [3.63, 3.8) is 0 Å². The van der Waals surface area contributed by atoms with Gasteiger partial charge in [-0.05, 0) is 66.9 Å². The molecule has 1 aromatic heterocycles. The molecule has 3 aromatic carbocycles. The van der Waals surface area contributed by atoms with Crippen molar-refractivity contribution < 1.29 is 17.6 Å². The predicted octanol–water partition coefficient (Wildman–Crippen LogP) is 4.71. The number of anilines is 1. The largest absolute Gasteiger partial charge is 0.326 e. The van der Waals surface area contributed by atoms with Gasteiger partial charge in [0.15, 0.2) is 0 Å². The van der Waals surface area contributed by atoms with Crippen molar-refractivity contribution in [2.75, 3.05) is 11.9 Å². The Morgan fingerprint density at radius 2 is 1.77 bits per heavy atom. The highest BCUT2D eigenvalue weighted by atomic mass is 32.2. The van der Waals surface area contributed by atoms with Gasteiger partial charge in [-0.2, -0.15) is 4.31 Å². The van der Waals surface area contributed by atoms with Crippen molar-refractivity contribution in [1.29, 1.82) is 0 Å². The lowest BCUT2D eigenvalue weighted by atomic mass is 10.2. The number of nitrogens with zero attached hydrogens (tertiary/aromatic N) is 3. The number of sulfonamides is 1. The minimum absolute atomic E-state index is 0.166. The molecule has 0 radical (unpaired) electrons. The Kier molecular flexibility index (Phi) is 6.12. The topological polar surface area (TPSA) is 84.3 Å². The molecule has 0 spiro atoms. The molecule has 180 valence electrons. The fraction of sp³-hybridized carbons (Fsp3) is 0.231. The number of nitrogens with one attached hydrogen (secondary N) is 1. The van der Waals surface area contributed by atoms with E-state index in [1.807, 2.05) is 28.8 Å². The first kappa shape index (κ1) is 23.2. The number of fused-ring (bicyclic) bond motifs is 1. The predicted molar refractivity (Wildman–Crippen MR) is 132 cm³/mol. The Labute approximate surface area is 203 Å². The second-order valence-corrected chi connectivity index (χ2v) is 10.5. The van der Waals surface area contributed by atoms with Gasteiger partial charge in [0.05, 0.1) is 22.0 Å². The van der Waals surface area contributed by atoms with Crippen molar-refractivity contribution in [2.45, 2.75) is 37.2 Å². The Balaban J connectivity index is 1.52. The molecule has 1 amide bonds. The number of rotatable bonds is 6. The number of halogens is 1. The summed E-state index contributed by atoms with van der Waals surface area (Å²) >= 11 is 0. The van der Waals surface area contributed by atoms with Gasteiger partial charge in [-0.1, -0.05) is 24.3 Å². The molecule has 1 aliphatic rings. The van der Waals surface area contributed by atoms with Crippen molar-refractivity contribution in [2.24, 2.45) is 0 Å². The molecular weight excluding hydrogens is 467 g/mol. The fourth-order valence-corrected chi connectivity index (χ4v) is 6.28. The third kappa shape index (κ3) is 4.56. The molecule has 2 heterocycles. The van der Waals surface area contributed by atoms with E-state index < -0.39 is 16.1 Å². The first-order chi connectivity index (χ1) is 16.8. The number of amides is 1. The van der Waals surface area contributed by atoms with Crippen LogP contribution in [0, 0.1) is 5.82 Å². The highest BCUT2D eigenvalue weighted by molar-refractivity contribution is 7.89. The van der Waals surface area contributed by atoms with Gasteiger partial charge in [0.1, 0.15) is 11.6 Å². The Hall–Kier alpha value is -3.56. The van der Waals surface area contributed by atoms with Crippen molar-refractivity contribution in [3.05, 3.63) is 90.0 Å². The number of carbonyl (C=O) groups is 1. The summed E-state index contributed by atoms with van der Waals surface area (Å²) in [5.74, 6) is 0.147. The number of aromatic nitrogens is 2. The van der Waals surface area contributed by atoms with Gasteiger partial charge in [0, 0.05) is 25.7 Å². The summed E-state index contributed by atoms with van der Waals surface area (Å²) in [4.78, 5) is 16.3. The maximum absolute atomic E-state index is 13.6. The normalized spacial score (nSPS) is 16.6. The number of hydrogen-bond donors (Lipinski definition) is 1. The van der Waals surface area contributed by atoms with Crippen LogP contribution in [0.5, 0.6) is 0 Å². The summed E-state index contributed by atoms with van der Waals surface area (Å²) in [5, 5.41) is 2.65. The lowest BCUT2D eigenvalue weighted by Crippen LogP contribution is -2.32. The molecule has 0 unspecified atom stereocenters. The van der Waals surface area contributed by atoms with E-state index in [1.165, 1.54) is 35.5 Å². The first-order valence-corrected chi connectivity index (χ1v) is 12.9. The molecule has 1 N–H and O–H groups in total. The van der Waals surface area contributed by atoms with Gasteiger partial charge >= 0.3 is 0 Å². The Morgan fingerprint density at radius 3 is 2.49 bits per heavy atom. The number of para-hydroxylation sites is 2. The molecular formula is C26H25FN4O3S. The fourth-order valence-electron chi connectivity index (χ4n) is 4.62. The highest BCUT2D eigenvalue weighted by Crippen LogP contribution is 2.38. The Morgan fingerprint density at radius 1 is 1.06 bits per heavy atom. The SMILES string of the molecule is CC(=O)Nc1ccc(S(=O)(=O)N2CCC[C@H]2c2nc3ccccc3n2Cc2ccc(F)cc2)cc1. The van der Waals surface area contributed by atoms with Gasteiger partial charge in [0.25, 0.3) is 0 Å². The zero-order valence-electron chi connectivity index (χ0n) is 19.2. The summed E-state index contributed by atoms with van der Waals surface area (Å²) in [7, 11) is -3.80. The van der Waals surface area contributed by atoms with E-state index in [4.69, 9.17) is 4.98 Å². The molecule has 0 saturated carbocycles. The summed E-state index contributed by atoms with van der Waals surface area (Å²) in [5.41, 5.74) is 3.12. The second-order valence-electron chi connectivity index (χ2n) is 8.65. The second kappa shape index (κ2) is 9.24. The monoisotopic (exact) mass is 492 g/mol. The van der Waals surface area contributed by atoms with Gasteiger partial charge in [-0.3, -0.25) is 4.79 Å². The summed E-state index contributed by atoms with van der Waals surface area (Å²) in [6.07, 6.45) is 1.36. The van der Waals surface area contributed by atoms with Crippen LogP contribution in [0.2, 0.25) is 0 Å². The van der Waals surface area contributed by atoms with E-state index in [2.05, 4.69) is 5.32 Å². The van der Waals surface area contributed by atoms with Crippen LogP contribution in [0.3, 0.4) is 0 Å². The molecule has 0 aliphatic carbocycles. The molecule has 1 fully saturated rings. The molecule has 0 bridgehead atoms. The van der Waals surface area contributed by atoms with Crippen LogP contribution >= 0.6 is 0 Å². The van der Waals surface area contributed by atoms with E-state index in [-0.39, 0.29) is 16.6 Å². The maximum atomic E-state index is 13.6. The van der Waals surface area contributed by atoms with Gasteiger partial charge in [-0.15, -0.1) is 0 Å². The zero-order chi connectivity index (χ0) is 24.6. The first-order valence-electron chi connectivity index (χ1n) is 11.4. The third-order valence-corrected chi connectivity index (χ3v) is 8.14. The van der Waals surface area contributed by atoms with E-state index in [0.29, 0.717) is 37.4 Å². The van der Waals surface area contributed by atoms with Gasteiger partial charge in [-0.25, -0.2) is 17.8 Å². The van der Waals surface area contributed by atoms with Crippen molar-refractivity contribution >= 4 is 32.7 Å². The molecule has 1 aliphatic heterocycles. The number of imidazole rings is 1. The quantitative estimate of drug-likeness (QED) is 0.423. The number of hydrogen-bond acceptors (Lipinski definition) is 4. The van der Waals surface area contributed by atoms with Crippen LogP contribution in [-0.4, -0.2) is 34.7 Å². The van der Waals surface area contributed by atoms with Crippen molar-refractivity contribution in [1.82, 2.24) is 13.9 Å². The zero-order valence-corrected chi connectivity index (χ0v) is 20.0. The summed E-state index contributed by atoms with van der Waals surface area (Å²) in [6, 6.07) is 19.8. The van der Waals surface area contributed by atoms with Gasteiger partial charge in [0.2, 0.25) is 15.9 Å². The van der Waals surface area contributed by atoms with E-state index >= 15 is 0 Å². The average molecular weight is 493 g/mol. The van der Waals surface area contributed by atoms with Crippen LogP contribution in [0.4, 0.5) is 10.1 Å². The lowest BCUT2D eigenvalue weighted by molar-refractivity contribution is -0.114.